The van der Waals surface area contributed by atoms with Gasteiger partial charge in [-0.3, -0.25) is 5.32 Å². The van der Waals surface area contributed by atoms with Crippen LogP contribution in [0.5, 0.6) is 0 Å². The van der Waals surface area contributed by atoms with E-state index in [2.05, 4.69) is 10.1 Å². The second-order valence-electron chi connectivity index (χ2n) is 3.59. The summed E-state index contributed by atoms with van der Waals surface area (Å²) in [5.74, 6) is 0. The number of nitrogen functional groups attached to an aromatic ring is 1. The van der Waals surface area contributed by atoms with Crippen LogP contribution in [0.25, 0.3) is 11.0 Å². The number of anilines is 2. The number of amides is 1. The van der Waals surface area contributed by atoms with Gasteiger partial charge in [-0.1, -0.05) is 0 Å². The maximum atomic E-state index is 11.6. The Hall–Kier alpha value is -2.50. The van der Waals surface area contributed by atoms with Crippen molar-refractivity contribution in [1.82, 2.24) is 0 Å². The molecule has 0 saturated carbocycles. The van der Waals surface area contributed by atoms with Crippen molar-refractivity contribution in [2.45, 2.75) is 6.92 Å². The van der Waals surface area contributed by atoms with Crippen LogP contribution in [0, 0.1) is 0 Å². The van der Waals surface area contributed by atoms with Gasteiger partial charge in [0.1, 0.15) is 11.3 Å². The Labute approximate surface area is 102 Å². The van der Waals surface area contributed by atoms with Gasteiger partial charge in [-0.2, -0.15) is 0 Å². The number of ether oxygens (including phenoxy) is 1. The molecule has 3 N–H and O–H groups in total. The standard InChI is InChI=1S/C12H12N2O4/c1-2-17-12(16)14-9-6-7-5-8(13)3-4-10(7)18-11(9)15/h3-6H,2,13H2,1H3,(H,14,16). The molecule has 6 heteroatoms. The van der Waals surface area contributed by atoms with Gasteiger partial charge in [-0.05, 0) is 31.2 Å². The van der Waals surface area contributed by atoms with E-state index in [0.717, 1.165) is 0 Å². The van der Waals surface area contributed by atoms with Crippen LogP contribution in [0.1, 0.15) is 6.92 Å². The molecule has 2 rings (SSSR count). The number of nitrogens with one attached hydrogen (secondary N) is 1. The summed E-state index contributed by atoms with van der Waals surface area (Å²) in [5, 5.41) is 2.94. The summed E-state index contributed by atoms with van der Waals surface area (Å²) in [5.41, 5.74) is 5.96. The van der Waals surface area contributed by atoms with Crippen LogP contribution < -0.4 is 16.7 Å². The van der Waals surface area contributed by atoms with E-state index in [1.165, 1.54) is 6.07 Å². The van der Waals surface area contributed by atoms with Gasteiger partial charge < -0.3 is 14.9 Å². The average Bonchev–Trinajstić information content (AvgIpc) is 2.31. The molecule has 0 bridgehead atoms. The molecular weight excluding hydrogens is 236 g/mol. The lowest BCUT2D eigenvalue weighted by Gasteiger charge is -2.05. The molecule has 1 amide bonds. The minimum Gasteiger partial charge on any atom is -0.450 e. The minimum absolute atomic E-state index is 0.0200. The van der Waals surface area contributed by atoms with Crippen LogP contribution in [-0.4, -0.2) is 12.7 Å². The number of hydrogen-bond acceptors (Lipinski definition) is 5. The normalized spacial score (nSPS) is 10.3. The fourth-order valence-electron chi connectivity index (χ4n) is 1.51. The van der Waals surface area contributed by atoms with Crippen molar-refractivity contribution in [2.24, 2.45) is 0 Å². The zero-order valence-corrected chi connectivity index (χ0v) is 9.73. The molecule has 1 heterocycles. The van der Waals surface area contributed by atoms with Crippen molar-refractivity contribution in [1.29, 1.82) is 0 Å². The van der Waals surface area contributed by atoms with Crippen LogP contribution in [0.4, 0.5) is 16.2 Å². The van der Waals surface area contributed by atoms with E-state index in [0.29, 0.717) is 16.7 Å². The SMILES string of the molecule is CCOC(=O)Nc1cc2cc(N)ccc2oc1=O. The Morgan fingerprint density at radius 1 is 1.44 bits per heavy atom. The molecule has 0 radical (unpaired) electrons. The van der Waals surface area contributed by atoms with Crippen molar-refractivity contribution >= 4 is 28.4 Å². The first-order valence-corrected chi connectivity index (χ1v) is 5.37. The highest BCUT2D eigenvalue weighted by Crippen LogP contribution is 2.18. The summed E-state index contributed by atoms with van der Waals surface area (Å²) < 4.78 is 9.73. The molecular formula is C12H12N2O4. The van der Waals surface area contributed by atoms with Crippen LogP contribution >= 0.6 is 0 Å². The van der Waals surface area contributed by atoms with Gasteiger partial charge in [-0.15, -0.1) is 0 Å². The van der Waals surface area contributed by atoms with E-state index in [4.69, 9.17) is 10.2 Å². The van der Waals surface area contributed by atoms with Gasteiger partial charge in [0.15, 0.2) is 0 Å². The summed E-state index contributed by atoms with van der Waals surface area (Å²) in [7, 11) is 0. The molecule has 0 fully saturated rings. The molecule has 0 aliphatic heterocycles. The quantitative estimate of drug-likeness (QED) is 0.625. The maximum absolute atomic E-state index is 11.6. The largest absolute Gasteiger partial charge is 0.450 e. The van der Waals surface area contributed by atoms with E-state index < -0.39 is 11.7 Å². The maximum Gasteiger partial charge on any atom is 0.411 e. The molecule has 1 aromatic heterocycles. The molecule has 0 spiro atoms. The van der Waals surface area contributed by atoms with E-state index in [1.807, 2.05) is 0 Å². The molecule has 0 aliphatic rings. The van der Waals surface area contributed by atoms with Crippen molar-refractivity contribution in [3.63, 3.8) is 0 Å². The number of hydrogen-bond donors (Lipinski definition) is 2. The first-order valence-electron chi connectivity index (χ1n) is 5.37. The van der Waals surface area contributed by atoms with Gasteiger partial charge in [0, 0.05) is 11.1 Å². The third kappa shape index (κ3) is 2.42. The monoisotopic (exact) mass is 248 g/mol. The van der Waals surface area contributed by atoms with E-state index >= 15 is 0 Å². The summed E-state index contributed by atoms with van der Waals surface area (Å²) in [6.07, 6.45) is -0.701. The summed E-state index contributed by atoms with van der Waals surface area (Å²) in [4.78, 5) is 22.8. The fourth-order valence-corrected chi connectivity index (χ4v) is 1.51. The van der Waals surface area contributed by atoms with Crippen molar-refractivity contribution < 1.29 is 13.9 Å². The first kappa shape index (κ1) is 12.0. The van der Waals surface area contributed by atoms with Gasteiger partial charge in [0.2, 0.25) is 0 Å². The number of benzene rings is 1. The van der Waals surface area contributed by atoms with Crippen LogP contribution in [0.3, 0.4) is 0 Å². The third-order valence-electron chi connectivity index (χ3n) is 2.27. The average molecular weight is 248 g/mol. The number of nitrogens with two attached hydrogens (primary N) is 1. The topological polar surface area (TPSA) is 94.6 Å². The lowest BCUT2D eigenvalue weighted by atomic mass is 10.2. The smallest absolute Gasteiger partial charge is 0.411 e. The van der Waals surface area contributed by atoms with Gasteiger partial charge in [0.25, 0.3) is 0 Å². The zero-order valence-electron chi connectivity index (χ0n) is 9.73. The van der Waals surface area contributed by atoms with Crippen molar-refractivity contribution in [3.8, 4) is 0 Å². The number of carbonyl (C=O) groups excluding carboxylic acids is 1. The summed E-state index contributed by atoms with van der Waals surface area (Å²) >= 11 is 0. The Balaban J connectivity index is 2.42. The molecule has 0 unspecified atom stereocenters. The molecule has 94 valence electrons. The number of carbonyl (C=O) groups is 1. The highest BCUT2D eigenvalue weighted by Gasteiger charge is 2.09. The molecule has 18 heavy (non-hydrogen) atoms. The van der Waals surface area contributed by atoms with E-state index in [1.54, 1.807) is 25.1 Å². The lowest BCUT2D eigenvalue weighted by Crippen LogP contribution is -2.18. The Morgan fingerprint density at radius 3 is 2.94 bits per heavy atom. The van der Waals surface area contributed by atoms with Gasteiger partial charge in [-0.25, -0.2) is 9.59 Å². The second-order valence-corrected chi connectivity index (χ2v) is 3.59. The number of rotatable bonds is 2. The predicted molar refractivity (Wildman–Crippen MR) is 67.5 cm³/mol. The van der Waals surface area contributed by atoms with Crippen molar-refractivity contribution in [2.75, 3.05) is 17.7 Å². The van der Waals surface area contributed by atoms with E-state index in [-0.39, 0.29) is 12.3 Å². The van der Waals surface area contributed by atoms with Gasteiger partial charge in [0.05, 0.1) is 6.61 Å². The predicted octanol–water partition coefficient (Wildman–Crippen LogP) is 1.94. The fraction of sp³-hybridized carbons (Fsp3) is 0.167. The first-order chi connectivity index (χ1) is 8.60. The molecule has 0 aliphatic carbocycles. The Bertz CT molecular complexity index is 648. The summed E-state index contributed by atoms with van der Waals surface area (Å²) in [6, 6.07) is 6.37. The van der Waals surface area contributed by atoms with Crippen molar-refractivity contribution in [3.05, 3.63) is 34.7 Å². The van der Waals surface area contributed by atoms with Gasteiger partial charge >= 0.3 is 11.7 Å². The Morgan fingerprint density at radius 2 is 2.22 bits per heavy atom. The molecule has 0 atom stereocenters. The summed E-state index contributed by atoms with van der Waals surface area (Å²) in [6.45, 7) is 1.89. The molecule has 2 aromatic rings. The van der Waals surface area contributed by atoms with E-state index in [9.17, 15) is 9.59 Å². The molecule has 0 saturated heterocycles. The third-order valence-corrected chi connectivity index (χ3v) is 2.27. The van der Waals surface area contributed by atoms with Crippen LogP contribution in [-0.2, 0) is 4.74 Å². The molecule has 1 aromatic carbocycles. The highest BCUT2D eigenvalue weighted by atomic mass is 16.5. The second kappa shape index (κ2) is 4.79. The Kier molecular flexibility index (Phi) is 3.18. The number of fused-ring (bicyclic) bond motifs is 1. The van der Waals surface area contributed by atoms with Crippen LogP contribution in [0.15, 0.2) is 33.5 Å². The zero-order chi connectivity index (χ0) is 13.1. The minimum atomic E-state index is -0.701. The van der Waals surface area contributed by atoms with Crippen LogP contribution in [0.2, 0.25) is 0 Å². The highest BCUT2D eigenvalue weighted by molar-refractivity contribution is 5.89. The lowest BCUT2D eigenvalue weighted by molar-refractivity contribution is 0.168. The molecule has 6 nitrogen and oxygen atoms in total.